The number of amides is 1. The van der Waals surface area contributed by atoms with Gasteiger partial charge in [-0.25, -0.2) is 14.8 Å². The highest BCUT2D eigenvalue weighted by Crippen LogP contribution is 2.09. The number of carbonyl (C=O) groups excluding carboxylic acids is 1. The van der Waals surface area contributed by atoms with E-state index in [2.05, 4.69) is 20.3 Å². The molecule has 0 bridgehead atoms. The Hall–Kier alpha value is -2.70. The number of hydrogen-bond donors (Lipinski definition) is 3. The summed E-state index contributed by atoms with van der Waals surface area (Å²) in [4.78, 5) is 32.6. The summed E-state index contributed by atoms with van der Waals surface area (Å²) in [6.45, 7) is 0. The van der Waals surface area contributed by atoms with Gasteiger partial charge in [0.15, 0.2) is 11.5 Å². The number of anilines is 1. The summed E-state index contributed by atoms with van der Waals surface area (Å²) in [6, 6.07) is 3.22. The zero-order chi connectivity index (χ0) is 12.3. The Balaban J connectivity index is 2.25. The fourth-order valence-electron chi connectivity index (χ4n) is 1.23. The second kappa shape index (κ2) is 4.44. The molecule has 0 spiro atoms. The predicted octanol–water partition coefficient (Wildman–Crippen LogP) is 0.755. The SMILES string of the molecule is O=C(Nc1nccnc1C(=O)O)c1ccc[nH]1. The Labute approximate surface area is 95.5 Å². The molecular weight excluding hydrogens is 224 g/mol. The lowest BCUT2D eigenvalue weighted by molar-refractivity contribution is 0.0691. The van der Waals surface area contributed by atoms with Crippen molar-refractivity contribution in [1.82, 2.24) is 15.0 Å². The summed E-state index contributed by atoms with van der Waals surface area (Å²) in [7, 11) is 0. The minimum atomic E-state index is -1.25. The summed E-state index contributed by atoms with van der Waals surface area (Å²) >= 11 is 0. The molecule has 0 atom stereocenters. The maximum Gasteiger partial charge on any atom is 0.358 e. The third-order valence-electron chi connectivity index (χ3n) is 1.98. The summed E-state index contributed by atoms with van der Waals surface area (Å²) in [5, 5.41) is 11.2. The van der Waals surface area contributed by atoms with Crippen molar-refractivity contribution in [1.29, 1.82) is 0 Å². The summed E-state index contributed by atoms with van der Waals surface area (Å²) in [6.07, 6.45) is 4.13. The molecule has 0 radical (unpaired) electrons. The quantitative estimate of drug-likeness (QED) is 0.723. The first-order valence-electron chi connectivity index (χ1n) is 4.67. The number of rotatable bonds is 3. The van der Waals surface area contributed by atoms with Crippen LogP contribution >= 0.6 is 0 Å². The van der Waals surface area contributed by atoms with Crippen molar-refractivity contribution in [2.24, 2.45) is 0 Å². The van der Waals surface area contributed by atoms with E-state index < -0.39 is 11.9 Å². The van der Waals surface area contributed by atoms with Gasteiger partial charge in [0.1, 0.15) is 5.69 Å². The van der Waals surface area contributed by atoms with E-state index in [1.54, 1.807) is 18.3 Å². The molecule has 7 heteroatoms. The zero-order valence-corrected chi connectivity index (χ0v) is 8.54. The van der Waals surface area contributed by atoms with Gasteiger partial charge in [0.25, 0.3) is 5.91 Å². The van der Waals surface area contributed by atoms with Gasteiger partial charge in [0, 0.05) is 18.6 Å². The highest BCUT2D eigenvalue weighted by atomic mass is 16.4. The van der Waals surface area contributed by atoms with E-state index in [9.17, 15) is 9.59 Å². The molecule has 0 aliphatic heterocycles. The lowest BCUT2D eigenvalue weighted by atomic mass is 10.3. The smallest absolute Gasteiger partial charge is 0.358 e. The first-order valence-corrected chi connectivity index (χ1v) is 4.67. The van der Waals surface area contributed by atoms with Crippen LogP contribution in [0.3, 0.4) is 0 Å². The molecule has 0 aliphatic carbocycles. The van der Waals surface area contributed by atoms with Gasteiger partial charge in [-0.15, -0.1) is 0 Å². The third-order valence-corrected chi connectivity index (χ3v) is 1.98. The topological polar surface area (TPSA) is 108 Å². The molecule has 2 heterocycles. The van der Waals surface area contributed by atoms with Gasteiger partial charge in [-0.1, -0.05) is 0 Å². The molecule has 0 aromatic carbocycles. The lowest BCUT2D eigenvalue weighted by Crippen LogP contribution is -2.17. The van der Waals surface area contributed by atoms with Gasteiger partial charge in [-0.3, -0.25) is 4.79 Å². The number of hydrogen-bond acceptors (Lipinski definition) is 4. The van der Waals surface area contributed by atoms with Crippen molar-refractivity contribution in [3.8, 4) is 0 Å². The Morgan fingerprint density at radius 2 is 2.06 bits per heavy atom. The normalized spacial score (nSPS) is 9.88. The number of nitrogens with one attached hydrogen (secondary N) is 2. The Morgan fingerprint density at radius 1 is 1.29 bits per heavy atom. The van der Waals surface area contributed by atoms with Crippen LogP contribution in [0.4, 0.5) is 5.82 Å². The third kappa shape index (κ3) is 2.28. The van der Waals surface area contributed by atoms with Gasteiger partial charge in [0.05, 0.1) is 0 Å². The van der Waals surface area contributed by atoms with E-state index in [-0.39, 0.29) is 11.5 Å². The molecule has 86 valence electrons. The minimum absolute atomic E-state index is 0.0837. The number of aromatic nitrogens is 3. The average molecular weight is 232 g/mol. The Morgan fingerprint density at radius 3 is 2.71 bits per heavy atom. The van der Waals surface area contributed by atoms with Gasteiger partial charge in [-0.05, 0) is 12.1 Å². The molecule has 7 nitrogen and oxygen atoms in total. The van der Waals surface area contributed by atoms with Crippen LogP contribution in [-0.2, 0) is 0 Å². The van der Waals surface area contributed by atoms with Crippen molar-refractivity contribution in [2.45, 2.75) is 0 Å². The van der Waals surface area contributed by atoms with Gasteiger partial charge < -0.3 is 15.4 Å². The second-order valence-corrected chi connectivity index (χ2v) is 3.10. The van der Waals surface area contributed by atoms with E-state index in [0.717, 1.165) is 0 Å². The van der Waals surface area contributed by atoms with Crippen LogP contribution in [0.15, 0.2) is 30.7 Å². The molecule has 0 fully saturated rings. The van der Waals surface area contributed by atoms with Crippen molar-refractivity contribution in [3.63, 3.8) is 0 Å². The molecule has 0 unspecified atom stereocenters. The highest BCUT2D eigenvalue weighted by molar-refractivity contribution is 6.05. The van der Waals surface area contributed by atoms with Crippen LogP contribution in [0, 0.1) is 0 Å². The summed E-state index contributed by atoms with van der Waals surface area (Å²) < 4.78 is 0. The molecule has 2 aromatic rings. The van der Waals surface area contributed by atoms with Crippen molar-refractivity contribution in [2.75, 3.05) is 5.32 Å². The Bertz CT molecular complexity index is 550. The lowest BCUT2D eigenvalue weighted by Gasteiger charge is -2.04. The van der Waals surface area contributed by atoms with Crippen molar-refractivity contribution >= 4 is 17.7 Å². The average Bonchev–Trinajstić information content (AvgIpc) is 2.83. The molecule has 3 N–H and O–H groups in total. The predicted molar refractivity (Wildman–Crippen MR) is 57.7 cm³/mol. The monoisotopic (exact) mass is 232 g/mol. The fraction of sp³-hybridized carbons (Fsp3) is 0. The van der Waals surface area contributed by atoms with Gasteiger partial charge in [-0.2, -0.15) is 0 Å². The number of aromatic amines is 1. The minimum Gasteiger partial charge on any atom is -0.476 e. The van der Waals surface area contributed by atoms with Crippen LogP contribution < -0.4 is 5.32 Å². The maximum atomic E-state index is 11.6. The number of carboxylic acids is 1. The van der Waals surface area contributed by atoms with Crippen LogP contribution in [-0.4, -0.2) is 31.9 Å². The van der Waals surface area contributed by atoms with Crippen LogP contribution in [0.2, 0.25) is 0 Å². The first-order chi connectivity index (χ1) is 8.18. The van der Waals surface area contributed by atoms with E-state index >= 15 is 0 Å². The van der Waals surface area contributed by atoms with Crippen LogP contribution in [0.25, 0.3) is 0 Å². The molecule has 2 rings (SSSR count). The van der Waals surface area contributed by atoms with E-state index in [1.165, 1.54) is 12.4 Å². The Kier molecular flexibility index (Phi) is 2.82. The first kappa shape index (κ1) is 10.8. The van der Waals surface area contributed by atoms with E-state index in [0.29, 0.717) is 5.69 Å². The van der Waals surface area contributed by atoms with Crippen molar-refractivity contribution in [3.05, 3.63) is 42.1 Å². The molecule has 17 heavy (non-hydrogen) atoms. The molecule has 1 amide bonds. The van der Waals surface area contributed by atoms with E-state index in [1.807, 2.05) is 0 Å². The van der Waals surface area contributed by atoms with Gasteiger partial charge >= 0.3 is 5.97 Å². The molecular formula is C10H8N4O3. The summed E-state index contributed by atoms with van der Waals surface area (Å²) in [5.74, 6) is -1.81. The highest BCUT2D eigenvalue weighted by Gasteiger charge is 2.15. The van der Waals surface area contributed by atoms with Gasteiger partial charge in [0.2, 0.25) is 0 Å². The number of H-pyrrole nitrogens is 1. The number of nitrogens with zero attached hydrogens (tertiary/aromatic N) is 2. The van der Waals surface area contributed by atoms with Crippen LogP contribution in [0.5, 0.6) is 0 Å². The molecule has 0 saturated heterocycles. The largest absolute Gasteiger partial charge is 0.476 e. The van der Waals surface area contributed by atoms with E-state index in [4.69, 9.17) is 5.11 Å². The molecule has 0 saturated carbocycles. The number of carboxylic acid groups (broad SMARTS) is 1. The number of carbonyl (C=O) groups is 2. The molecule has 0 aliphatic rings. The molecule has 2 aromatic heterocycles. The summed E-state index contributed by atoms with van der Waals surface area (Å²) in [5.41, 5.74) is 0.0133. The zero-order valence-electron chi connectivity index (χ0n) is 8.54. The standard InChI is InChI=1S/C10H8N4O3/c15-9(6-2-1-3-11-6)14-8-7(10(16)17)12-4-5-13-8/h1-5,11H,(H,16,17)(H,13,14,15). The second-order valence-electron chi connectivity index (χ2n) is 3.10. The maximum absolute atomic E-state index is 11.6. The van der Waals surface area contributed by atoms with Crippen LogP contribution in [0.1, 0.15) is 21.0 Å². The number of aromatic carboxylic acids is 1. The fourth-order valence-corrected chi connectivity index (χ4v) is 1.23. The van der Waals surface area contributed by atoms with Crippen molar-refractivity contribution < 1.29 is 14.7 Å².